The molecule has 1 fully saturated rings. The van der Waals surface area contributed by atoms with Crippen molar-refractivity contribution in [3.8, 4) is 0 Å². The third-order valence-electron chi connectivity index (χ3n) is 5.80. The third-order valence-corrected chi connectivity index (χ3v) is 5.80. The summed E-state index contributed by atoms with van der Waals surface area (Å²) in [6.07, 6.45) is 1.83. The second-order valence-electron chi connectivity index (χ2n) is 7.96. The number of guanidine groups is 1. The number of aryl methyl sites for hydroxylation is 1. The summed E-state index contributed by atoms with van der Waals surface area (Å²) in [5, 5.41) is 6.77. The van der Waals surface area contributed by atoms with Gasteiger partial charge in [-0.05, 0) is 43.5 Å². The maximum absolute atomic E-state index is 13.4. The molecule has 0 saturated carbocycles. The van der Waals surface area contributed by atoms with Crippen LogP contribution in [-0.2, 0) is 11.3 Å². The molecule has 1 aliphatic rings. The first-order valence-corrected chi connectivity index (χ1v) is 11.3. The Morgan fingerprint density at radius 3 is 2.52 bits per heavy atom. The molecule has 33 heavy (non-hydrogen) atoms. The lowest BCUT2D eigenvalue weighted by molar-refractivity contribution is 0.0170. The summed E-state index contributed by atoms with van der Waals surface area (Å²) in [7, 11) is 1.75. The molecule has 0 radical (unpaired) electrons. The van der Waals surface area contributed by atoms with E-state index in [-0.39, 0.29) is 41.4 Å². The van der Waals surface area contributed by atoms with Gasteiger partial charge in [0.25, 0.3) is 5.56 Å². The van der Waals surface area contributed by atoms with E-state index in [0.717, 1.165) is 49.7 Å². The zero-order valence-electron chi connectivity index (χ0n) is 19.4. The Kier molecular flexibility index (Phi) is 11.8. The number of nitrogens with zero attached hydrogens (tertiary/aromatic N) is 3. The number of hydrogen-bond donors (Lipinski definition) is 2. The molecule has 2 aromatic rings. The minimum atomic E-state index is -0.229. The SMILES string of the molecule is CN=C(NCCCCn1c(C)cccc1=O)NCC(c1ccc(F)cc1)N1CCOCC1.I. The fraction of sp³-hybridized carbons (Fsp3) is 0.500. The van der Waals surface area contributed by atoms with Gasteiger partial charge in [-0.3, -0.25) is 14.7 Å². The van der Waals surface area contributed by atoms with Gasteiger partial charge in [0.05, 0.1) is 19.3 Å². The Morgan fingerprint density at radius 1 is 1.12 bits per heavy atom. The lowest BCUT2D eigenvalue weighted by atomic mass is 10.0. The summed E-state index contributed by atoms with van der Waals surface area (Å²) in [6.45, 7) is 7.18. The van der Waals surface area contributed by atoms with Gasteiger partial charge in [0.1, 0.15) is 5.82 Å². The van der Waals surface area contributed by atoms with Gasteiger partial charge >= 0.3 is 0 Å². The third kappa shape index (κ3) is 8.38. The van der Waals surface area contributed by atoms with Crippen LogP contribution >= 0.6 is 24.0 Å². The summed E-state index contributed by atoms with van der Waals surface area (Å²) >= 11 is 0. The maximum Gasteiger partial charge on any atom is 0.250 e. The number of nitrogens with one attached hydrogen (secondary N) is 2. The van der Waals surface area contributed by atoms with Crippen molar-refractivity contribution in [1.29, 1.82) is 0 Å². The van der Waals surface area contributed by atoms with Crippen molar-refractivity contribution in [3.63, 3.8) is 0 Å². The first-order chi connectivity index (χ1) is 15.6. The lowest BCUT2D eigenvalue weighted by Crippen LogP contribution is -2.46. The van der Waals surface area contributed by atoms with Gasteiger partial charge in [0.15, 0.2) is 5.96 Å². The van der Waals surface area contributed by atoms with Crippen LogP contribution in [-0.4, -0.2) is 61.9 Å². The van der Waals surface area contributed by atoms with Crippen LogP contribution in [0, 0.1) is 12.7 Å². The van der Waals surface area contributed by atoms with Gasteiger partial charge < -0.3 is 19.9 Å². The summed E-state index contributed by atoms with van der Waals surface area (Å²) in [5.41, 5.74) is 2.10. The standard InChI is InChI=1S/C24H34FN5O2.HI/c1-19-6-5-7-23(31)30(19)13-4-3-12-27-24(26-2)28-18-22(29-14-16-32-17-15-29)20-8-10-21(25)11-9-20;/h5-11,22H,3-4,12-18H2,1-2H3,(H2,26,27,28);1H. The van der Waals surface area contributed by atoms with E-state index in [1.54, 1.807) is 19.2 Å². The van der Waals surface area contributed by atoms with Crippen molar-refractivity contribution < 1.29 is 9.13 Å². The maximum atomic E-state index is 13.4. The number of rotatable bonds is 9. The van der Waals surface area contributed by atoms with Crippen LogP contribution in [0.25, 0.3) is 0 Å². The molecule has 1 unspecified atom stereocenters. The van der Waals surface area contributed by atoms with Crippen LogP contribution in [0.4, 0.5) is 4.39 Å². The van der Waals surface area contributed by atoms with Gasteiger partial charge in [-0.15, -0.1) is 24.0 Å². The Hall–Kier alpha value is -1.98. The van der Waals surface area contributed by atoms with Crippen LogP contribution in [0.5, 0.6) is 0 Å². The Morgan fingerprint density at radius 2 is 1.85 bits per heavy atom. The number of hydrogen-bond acceptors (Lipinski definition) is 4. The number of ether oxygens (including phenoxy) is 1. The molecular weight excluding hydrogens is 536 g/mol. The Bertz CT molecular complexity index is 929. The summed E-state index contributed by atoms with van der Waals surface area (Å²) in [6, 6.07) is 12.2. The van der Waals surface area contributed by atoms with Crippen molar-refractivity contribution in [1.82, 2.24) is 20.1 Å². The first kappa shape index (κ1) is 27.3. The average Bonchev–Trinajstić information content (AvgIpc) is 2.81. The minimum Gasteiger partial charge on any atom is -0.379 e. The predicted octanol–water partition coefficient (Wildman–Crippen LogP) is 2.93. The monoisotopic (exact) mass is 571 g/mol. The largest absolute Gasteiger partial charge is 0.379 e. The van der Waals surface area contributed by atoms with Crippen molar-refractivity contribution in [2.45, 2.75) is 32.4 Å². The number of pyridine rings is 1. The summed E-state index contributed by atoms with van der Waals surface area (Å²) < 4.78 is 20.7. The number of halogens is 2. The molecule has 182 valence electrons. The highest BCUT2D eigenvalue weighted by Gasteiger charge is 2.23. The lowest BCUT2D eigenvalue weighted by Gasteiger charge is -2.35. The van der Waals surface area contributed by atoms with Crippen molar-refractivity contribution in [2.24, 2.45) is 4.99 Å². The van der Waals surface area contributed by atoms with Crippen molar-refractivity contribution in [2.75, 3.05) is 46.4 Å². The van der Waals surface area contributed by atoms with Crippen LogP contribution in [0.3, 0.4) is 0 Å². The van der Waals surface area contributed by atoms with Gasteiger partial charge in [-0.25, -0.2) is 4.39 Å². The molecule has 3 rings (SSSR count). The summed E-state index contributed by atoms with van der Waals surface area (Å²) in [5.74, 6) is 0.506. The molecular formula is C24H35FIN5O2. The van der Waals surface area contributed by atoms with Crippen LogP contribution in [0.1, 0.15) is 30.1 Å². The normalized spacial score (nSPS) is 15.5. The first-order valence-electron chi connectivity index (χ1n) is 11.3. The fourth-order valence-electron chi connectivity index (χ4n) is 3.96. The molecule has 2 heterocycles. The molecule has 1 saturated heterocycles. The molecule has 7 nitrogen and oxygen atoms in total. The van der Waals surface area contributed by atoms with Crippen molar-refractivity contribution in [3.05, 3.63) is 69.9 Å². The quantitative estimate of drug-likeness (QED) is 0.210. The van der Waals surface area contributed by atoms with Crippen LogP contribution < -0.4 is 16.2 Å². The van der Waals surface area contributed by atoms with E-state index in [0.29, 0.717) is 26.3 Å². The number of aromatic nitrogens is 1. The van der Waals surface area contributed by atoms with Crippen molar-refractivity contribution >= 4 is 29.9 Å². The predicted molar refractivity (Wildman–Crippen MR) is 141 cm³/mol. The number of aliphatic imine (C=N–C) groups is 1. The fourth-order valence-corrected chi connectivity index (χ4v) is 3.96. The number of unbranched alkanes of at least 4 members (excludes halogenated alkanes) is 1. The Labute approximate surface area is 212 Å². The number of morpholine rings is 1. The topological polar surface area (TPSA) is 70.9 Å². The molecule has 1 atom stereocenters. The Balaban J connectivity index is 0.00000385. The molecule has 9 heteroatoms. The van der Waals surface area contributed by atoms with E-state index in [9.17, 15) is 9.18 Å². The molecule has 0 aliphatic carbocycles. The van der Waals surface area contributed by atoms with E-state index in [2.05, 4.69) is 20.5 Å². The van der Waals surface area contributed by atoms with E-state index < -0.39 is 0 Å². The average molecular weight is 571 g/mol. The molecule has 2 N–H and O–H groups in total. The second-order valence-corrected chi connectivity index (χ2v) is 7.96. The van der Waals surface area contributed by atoms with E-state index >= 15 is 0 Å². The summed E-state index contributed by atoms with van der Waals surface area (Å²) in [4.78, 5) is 18.7. The van der Waals surface area contributed by atoms with E-state index in [1.165, 1.54) is 12.1 Å². The zero-order valence-corrected chi connectivity index (χ0v) is 21.8. The molecule has 1 aliphatic heterocycles. The van der Waals surface area contributed by atoms with E-state index in [1.807, 2.05) is 29.7 Å². The number of benzene rings is 1. The van der Waals surface area contributed by atoms with Crippen LogP contribution in [0.15, 0.2) is 52.3 Å². The van der Waals surface area contributed by atoms with Crippen LogP contribution in [0.2, 0.25) is 0 Å². The van der Waals surface area contributed by atoms with Gasteiger partial charge in [-0.2, -0.15) is 0 Å². The minimum absolute atomic E-state index is 0. The molecule has 0 spiro atoms. The van der Waals surface area contributed by atoms with Gasteiger partial charge in [-0.1, -0.05) is 18.2 Å². The highest BCUT2D eigenvalue weighted by atomic mass is 127. The van der Waals surface area contributed by atoms with E-state index in [4.69, 9.17) is 4.74 Å². The molecule has 1 aromatic heterocycles. The highest BCUT2D eigenvalue weighted by molar-refractivity contribution is 14.0. The van der Waals surface area contributed by atoms with Gasteiger partial charge in [0, 0.05) is 51.5 Å². The van der Waals surface area contributed by atoms with Gasteiger partial charge in [0.2, 0.25) is 0 Å². The zero-order chi connectivity index (χ0) is 22.8. The second kappa shape index (κ2) is 14.3. The molecule has 0 bridgehead atoms. The smallest absolute Gasteiger partial charge is 0.250 e. The highest BCUT2D eigenvalue weighted by Crippen LogP contribution is 2.21. The molecule has 0 amide bonds. The molecule has 1 aromatic carbocycles.